The van der Waals surface area contributed by atoms with Gasteiger partial charge in [-0.25, -0.2) is 0 Å². The summed E-state index contributed by atoms with van der Waals surface area (Å²) in [5.41, 5.74) is 1.88. The summed E-state index contributed by atoms with van der Waals surface area (Å²) in [5, 5.41) is 2.83. The van der Waals surface area contributed by atoms with Gasteiger partial charge in [-0.1, -0.05) is 12.1 Å². The Labute approximate surface area is 135 Å². The van der Waals surface area contributed by atoms with E-state index in [2.05, 4.69) is 5.32 Å². The van der Waals surface area contributed by atoms with Gasteiger partial charge in [-0.15, -0.1) is 0 Å². The van der Waals surface area contributed by atoms with Crippen molar-refractivity contribution in [3.8, 4) is 0 Å². The second kappa shape index (κ2) is 6.81. The molecule has 0 spiro atoms. The molecular formula is C17H21N3O3. The van der Waals surface area contributed by atoms with Crippen LogP contribution >= 0.6 is 0 Å². The summed E-state index contributed by atoms with van der Waals surface area (Å²) in [6.45, 7) is 2.01. The Morgan fingerprint density at radius 2 is 1.70 bits per heavy atom. The molecule has 0 aromatic heterocycles. The summed E-state index contributed by atoms with van der Waals surface area (Å²) in [7, 11) is 0. The monoisotopic (exact) mass is 315 g/mol. The molecule has 0 atom stereocenters. The number of anilines is 1. The highest BCUT2D eigenvalue weighted by atomic mass is 16.2. The fraction of sp³-hybridized carbons (Fsp3) is 0.471. The van der Waals surface area contributed by atoms with E-state index in [9.17, 15) is 14.4 Å². The van der Waals surface area contributed by atoms with E-state index in [4.69, 9.17) is 0 Å². The number of carbonyl (C=O) groups is 3. The molecule has 0 saturated carbocycles. The number of carbonyl (C=O) groups excluding carboxylic acids is 3. The van der Waals surface area contributed by atoms with E-state index in [1.165, 1.54) is 0 Å². The molecule has 3 rings (SSSR count). The van der Waals surface area contributed by atoms with Gasteiger partial charge in [0.15, 0.2) is 0 Å². The average molecular weight is 315 g/mol. The Balaban J connectivity index is 1.49. The Morgan fingerprint density at radius 3 is 2.30 bits per heavy atom. The molecule has 0 unspecified atom stereocenters. The minimum atomic E-state index is -0.140. The molecule has 6 nitrogen and oxygen atoms in total. The largest absolute Gasteiger partial charge is 0.350 e. The van der Waals surface area contributed by atoms with Crippen molar-refractivity contribution in [2.24, 2.45) is 0 Å². The predicted octanol–water partition coefficient (Wildman–Crippen LogP) is 1.05. The summed E-state index contributed by atoms with van der Waals surface area (Å²) >= 11 is 0. The van der Waals surface area contributed by atoms with Crippen molar-refractivity contribution in [3.63, 3.8) is 0 Å². The number of likely N-dealkylation sites (tertiary alicyclic amines) is 1. The van der Waals surface area contributed by atoms with Gasteiger partial charge in [0.2, 0.25) is 17.7 Å². The van der Waals surface area contributed by atoms with E-state index in [-0.39, 0.29) is 24.3 Å². The number of hydrogen-bond acceptors (Lipinski definition) is 3. The maximum Gasteiger partial charge on any atom is 0.239 e. The first-order valence-electron chi connectivity index (χ1n) is 8.07. The minimum absolute atomic E-state index is 0.0554. The van der Waals surface area contributed by atoms with Crippen molar-refractivity contribution < 1.29 is 14.4 Å². The number of nitrogens with one attached hydrogen (secondary N) is 1. The lowest BCUT2D eigenvalue weighted by atomic mass is 10.2. The molecule has 122 valence electrons. The third-order valence-corrected chi connectivity index (χ3v) is 4.32. The van der Waals surface area contributed by atoms with Crippen molar-refractivity contribution in [2.75, 3.05) is 24.5 Å². The highest BCUT2D eigenvalue weighted by molar-refractivity contribution is 5.95. The van der Waals surface area contributed by atoms with Crippen molar-refractivity contribution in [1.82, 2.24) is 10.2 Å². The second-order valence-corrected chi connectivity index (χ2v) is 6.01. The van der Waals surface area contributed by atoms with Crippen LogP contribution in [0.5, 0.6) is 0 Å². The molecule has 6 heteroatoms. The summed E-state index contributed by atoms with van der Waals surface area (Å²) in [4.78, 5) is 38.5. The van der Waals surface area contributed by atoms with E-state index < -0.39 is 0 Å². The van der Waals surface area contributed by atoms with Gasteiger partial charge in [-0.2, -0.15) is 0 Å². The van der Waals surface area contributed by atoms with E-state index in [1.807, 2.05) is 24.3 Å². The third kappa shape index (κ3) is 3.70. The van der Waals surface area contributed by atoms with E-state index in [0.29, 0.717) is 25.9 Å². The van der Waals surface area contributed by atoms with Gasteiger partial charge in [0.1, 0.15) is 0 Å². The van der Waals surface area contributed by atoms with Gasteiger partial charge >= 0.3 is 0 Å². The van der Waals surface area contributed by atoms with Crippen LogP contribution in [0.3, 0.4) is 0 Å². The summed E-state index contributed by atoms with van der Waals surface area (Å²) < 4.78 is 0. The summed E-state index contributed by atoms with van der Waals surface area (Å²) in [6, 6.07) is 7.66. The van der Waals surface area contributed by atoms with Crippen LogP contribution in [0.4, 0.5) is 5.69 Å². The average Bonchev–Trinajstić information content (AvgIpc) is 3.15. The molecule has 2 heterocycles. The van der Waals surface area contributed by atoms with Crippen LogP contribution in [0.15, 0.2) is 24.3 Å². The van der Waals surface area contributed by atoms with Crippen molar-refractivity contribution >= 4 is 23.4 Å². The Kier molecular flexibility index (Phi) is 4.60. The smallest absolute Gasteiger partial charge is 0.239 e. The van der Waals surface area contributed by atoms with Crippen LogP contribution in [0, 0.1) is 0 Å². The highest BCUT2D eigenvalue weighted by Crippen LogP contribution is 2.21. The van der Waals surface area contributed by atoms with Crippen molar-refractivity contribution in [1.29, 1.82) is 0 Å². The van der Waals surface area contributed by atoms with Crippen LogP contribution in [-0.2, 0) is 20.9 Å². The van der Waals surface area contributed by atoms with E-state index in [0.717, 1.165) is 30.6 Å². The molecule has 2 aliphatic rings. The number of benzene rings is 1. The number of rotatable bonds is 5. The third-order valence-electron chi connectivity index (χ3n) is 4.32. The van der Waals surface area contributed by atoms with Crippen LogP contribution in [0.2, 0.25) is 0 Å². The maximum absolute atomic E-state index is 11.9. The molecule has 2 saturated heterocycles. The Morgan fingerprint density at radius 1 is 1.00 bits per heavy atom. The molecule has 1 aromatic rings. The second-order valence-electron chi connectivity index (χ2n) is 6.01. The van der Waals surface area contributed by atoms with Crippen molar-refractivity contribution in [2.45, 2.75) is 32.2 Å². The number of amides is 3. The standard InChI is InChI=1S/C17H21N3O3/c21-15(12-19-9-1-3-16(19)22)18-11-13-5-7-14(8-6-13)20-10-2-4-17(20)23/h5-8H,1-4,9-12H2,(H,18,21). The van der Waals surface area contributed by atoms with Gasteiger partial charge in [0, 0.05) is 38.2 Å². The summed E-state index contributed by atoms with van der Waals surface area (Å²) in [5.74, 6) is 0.0835. The molecule has 1 N–H and O–H groups in total. The maximum atomic E-state index is 11.9. The molecule has 0 bridgehead atoms. The number of nitrogens with zero attached hydrogens (tertiary/aromatic N) is 2. The predicted molar refractivity (Wildman–Crippen MR) is 85.7 cm³/mol. The first-order chi connectivity index (χ1) is 11.1. The fourth-order valence-electron chi connectivity index (χ4n) is 3.02. The molecule has 2 aliphatic heterocycles. The lowest BCUT2D eigenvalue weighted by Crippen LogP contribution is -2.37. The molecule has 2 fully saturated rings. The van der Waals surface area contributed by atoms with Gasteiger partial charge < -0.3 is 15.1 Å². The first-order valence-corrected chi connectivity index (χ1v) is 8.07. The topological polar surface area (TPSA) is 69.7 Å². The van der Waals surface area contributed by atoms with Crippen LogP contribution < -0.4 is 10.2 Å². The van der Waals surface area contributed by atoms with Crippen molar-refractivity contribution in [3.05, 3.63) is 29.8 Å². The SMILES string of the molecule is O=C(CN1CCCC1=O)NCc1ccc(N2CCCC2=O)cc1. The lowest BCUT2D eigenvalue weighted by Gasteiger charge is -2.17. The zero-order valence-corrected chi connectivity index (χ0v) is 13.1. The zero-order valence-electron chi connectivity index (χ0n) is 13.1. The molecular weight excluding hydrogens is 294 g/mol. The molecule has 0 aliphatic carbocycles. The normalized spacial score (nSPS) is 17.9. The highest BCUT2D eigenvalue weighted by Gasteiger charge is 2.22. The van der Waals surface area contributed by atoms with Crippen LogP contribution in [0.25, 0.3) is 0 Å². The minimum Gasteiger partial charge on any atom is -0.350 e. The molecule has 3 amide bonds. The quantitative estimate of drug-likeness (QED) is 0.883. The Hall–Kier alpha value is -2.37. The van der Waals surface area contributed by atoms with Crippen LogP contribution in [0.1, 0.15) is 31.2 Å². The molecule has 23 heavy (non-hydrogen) atoms. The fourth-order valence-corrected chi connectivity index (χ4v) is 3.02. The van der Waals surface area contributed by atoms with E-state index >= 15 is 0 Å². The van der Waals surface area contributed by atoms with Gasteiger partial charge in [-0.3, -0.25) is 14.4 Å². The molecule has 1 aromatic carbocycles. The van der Waals surface area contributed by atoms with E-state index in [1.54, 1.807) is 9.80 Å². The first kappa shape index (κ1) is 15.5. The molecule has 0 radical (unpaired) electrons. The van der Waals surface area contributed by atoms with Gasteiger partial charge in [0.25, 0.3) is 0 Å². The van der Waals surface area contributed by atoms with Gasteiger partial charge in [0.05, 0.1) is 6.54 Å². The number of hydrogen-bond donors (Lipinski definition) is 1. The van der Waals surface area contributed by atoms with Gasteiger partial charge in [-0.05, 0) is 30.5 Å². The summed E-state index contributed by atoms with van der Waals surface area (Å²) in [6.07, 6.45) is 2.91. The van der Waals surface area contributed by atoms with Crippen LogP contribution in [-0.4, -0.2) is 42.3 Å². The Bertz CT molecular complexity index is 612. The zero-order chi connectivity index (χ0) is 16.2. The lowest BCUT2D eigenvalue weighted by molar-refractivity contribution is -0.133.